The van der Waals surface area contributed by atoms with E-state index in [1.165, 1.54) is 0 Å². The highest BCUT2D eigenvalue weighted by Gasteiger charge is 2.14. The minimum Gasteiger partial charge on any atom is -0.300 e. The molecule has 0 aromatic rings. The maximum Gasteiger partial charge on any atom is 0.0351 e. The van der Waals surface area contributed by atoms with E-state index in [1.54, 1.807) is 0 Å². The maximum absolute atomic E-state index is 5.66. The van der Waals surface area contributed by atoms with Gasteiger partial charge in [0.1, 0.15) is 0 Å². The van der Waals surface area contributed by atoms with Crippen molar-refractivity contribution in [3.8, 4) is 0 Å². The number of hydrogen-bond donors (Lipinski definition) is 0. The summed E-state index contributed by atoms with van der Waals surface area (Å²) in [5.74, 6) is 1.49. The molecule has 0 aromatic heterocycles. The van der Waals surface area contributed by atoms with Gasteiger partial charge in [-0.05, 0) is 0 Å². The molecule has 0 spiro atoms. The summed E-state index contributed by atoms with van der Waals surface area (Å²) < 4.78 is 0. The zero-order chi connectivity index (χ0) is 8.81. The van der Waals surface area contributed by atoms with Crippen LogP contribution in [0.5, 0.6) is 0 Å². The number of rotatable bonds is 4. The molecule has 0 radical (unpaired) electrons. The van der Waals surface area contributed by atoms with Crippen molar-refractivity contribution in [3.63, 3.8) is 0 Å². The molecule has 0 amide bonds. The minimum atomic E-state index is 0. The first kappa shape index (κ1) is 13.8. The van der Waals surface area contributed by atoms with E-state index in [-0.39, 0.29) is 12.4 Å². The Balaban J connectivity index is 0.00000144. The number of piperazine rings is 1. The Kier molecular flexibility index (Phi) is 8.62. The standard InChI is InChI=1S/C8H16Cl2N2.ClH/c9-1-3-11-5-7-12(4-2-10)8-6-11;/h1-8H2;1H. The topological polar surface area (TPSA) is 6.48 Å². The van der Waals surface area contributed by atoms with Crippen molar-refractivity contribution in [1.29, 1.82) is 0 Å². The fourth-order valence-electron chi connectivity index (χ4n) is 1.48. The average Bonchev–Trinajstić information content (AvgIpc) is 2.09. The minimum absolute atomic E-state index is 0. The number of alkyl halides is 2. The normalized spacial score (nSPS) is 19.8. The Morgan fingerprint density at radius 3 is 1.31 bits per heavy atom. The summed E-state index contributed by atoms with van der Waals surface area (Å²) in [7, 11) is 0. The lowest BCUT2D eigenvalue weighted by molar-refractivity contribution is 0.144. The van der Waals surface area contributed by atoms with Gasteiger partial charge in [0.15, 0.2) is 0 Å². The van der Waals surface area contributed by atoms with Crippen LogP contribution in [0.4, 0.5) is 0 Å². The molecule has 0 aromatic carbocycles. The van der Waals surface area contributed by atoms with Crippen molar-refractivity contribution in [2.45, 2.75) is 0 Å². The molecule has 1 fully saturated rings. The van der Waals surface area contributed by atoms with E-state index in [4.69, 9.17) is 23.2 Å². The molecule has 1 saturated heterocycles. The van der Waals surface area contributed by atoms with Crippen LogP contribution in [0.25, 0.3) is 0 Å². The molecule has 2 nitrogen and oxygen atoms in total. The van der Waals surface area contributed by atoms with E-state index >= 15 is 0 Å². The second-order valence-corrected chi connectivity index (χ2v) is 3.82. The zero-order valence-corrected chi connectivity index (χ0v) is 10.0. The van der Waals surface area contributed by atoms with Gasteiger partial charge in [0, 0.05) is 51.0 Å². The zero-order valence-electron chi connectivity index (χ0n) is 7.72. The van der Waals surface area contributed by atoms with Crippen LogP contribution in [-0.2, 0) is 0 Å². The summed E-state index contributed by atoms with van der Waals surface area (Å²) in [5.41, 5.74) is 0. The van der Waals surface area contributed by atoms with Crippen molar-refractivity contribution in [2.24, 2.45) is 0 Å². The van der Waals surface area contributed by atoms with Crippen LogP contribution in [0.3, 0.4) is 0 Å². The van der Waals surface area contributed by atoms with E-state index in [0.29, 0.717) is 0 Å². The van der Waals surface area contributed by atoms with E-state index in [0.717, 1.165) is 51.0 Å². The summed E-state index contributed by atoms with van der Waals surface area (Å²) in [5, 5.41) is 0. The van der Waals surface area contributed by atoms with E-state index in [9.17, 15) is 0 Å². The molecule has 0 bridgehead atoms. The monoisotopic (exact) mass is 246 g/mol. The molecule has 1 rings (SSSR count). The van der Waals surface area contributed by atoms with Crippen LogP contribution in [-0.4, -0.2) is 60.8 Å². The molecule has 0 unspecified atom stereocenters. The van der Waals surface area contributed by atoms with Crippen molar-refractivity contribution in [3.05, 3.63) is 0 Å². The Bertz CT molecular complexity index is 102. The SMILES string of the molecule is Cl.ClCCN1CCN(CCCl)CC1. The number of halogens is 3. The molecule has 5 heteroatoms. The van der Waals surface area contributed by atoms with Crippen molar-refractivity contribution < 1.29 is 0 Å². The molecule has 0 atom stereocenters. The van der Waals surface area contributed by atoms with E-state index in [1.807, 2.05) is 0 Å². The first-order valence-electron chi connectivity index (χ1n) is 4.43. The van der Waals surface area contributed by atoms with E-state index in [2.05, 4.69) is 9.80 Å². The predicted octanol–water partition coefficient (Wildman–Crippen LogP) is 1.50. The van der Waals surface area contributed by atoms with Gasteiger partial charge in [-0.25, -0.2) is 0 Å². The van der Waals surface area contributed by atoms with Gasteiger partial charge in [-0.3, -0.25) is 9.80 Å². The fourth-order valence-corrected chi connectivity index (χ4v) is 1.95. The molecule has 1 heterocycles. The Morgan fingerprint density at radius 1 is 0.769 bits per heavy atom. The average molecular weight is 248 g/mol. The van der Waals surface area contributed by atoms with Gasteiger partial charge in [-0.2, -0.15) is 0 Å². The first-order chi connectivity index (χ1) is 5.86. The quantitative estimate of drug-likeness (QED) is 0.695. The second-order valence-electron chi connectivity index (χ2n) is 3.06. The summed E-state index contributed by atoms with van der Waals surface area (Å²) in [6.45, 7) is 6.62. The van der Waals surface area contributed by atoms with Crippen LogP contribution >= 0.6 is 35.6 Å². The molecule has 13 heavy (non-hydrogen) atoms. The lowest BCUT2D eigenvalue weighted by atomic mass is 10.3. The molecular formula is C8H17Cl3N2. The first-order valence-corrected chi connectivity index (χ1v) is 5.50. The second kappa shape index (κ2) is 8.13. The van der Waals surface area contributed by atoms with Gasteiger partial charge >= 0.3 is 0 Å². The van der Waals surface area contributed by atoms with Gasteiger partial charge in [0.05, 0.1) is 0 Å². The molecule has 0 saturated carbocycles. The third kappa shape index (κ3) is 5.28. The highest BCUT2D eigenvalue weighted by molar-refractivity contribution is 6.18. The van der Waals surface area contributed by atoms with Crippen LogP contribution in [0.1, 0.15) is 0 Å². The smallest absolute Gasteiger partial charge is 0.0351 e. The van der Waals surface area contributed by atoms with Crippen LogP contribution in [0.2, 0.25) is 0 Å². The van der Waals surface area contributed by atoms with Crippen molar-refractivity contribution >= 4 is 35.6 Å². The summed E-state index contributed by atoms with van der Waals surface area (Å²) in [6.07, 6.45) is 0. The maximum atomic E-state index is 5.66. The number of nitrogens with zero attached hydrogens (tertiary/aromatic N) is 2. The van der Waals surface area contributed by atoms with Gasteiger partial charge in [-0.1, -0.05) is 0 Å². The third-order valence-corrected chi connectivity index (χ3v) is 2.60. The van der Waals surface area contributed by atoms with Crippen molar-refractivity contribution in [1.82, 2.24) is 9.80 Å². The van der Waals surface area contributed by atoms with Crippen molar-refractivity contribution in [2.75, 3.05) is 51.0 Å². The summed E-state index contributed by atoms with van der Waals surface area (Å²) in [6, 6.07) is 0. The molecule has 1 aliphatic heterocycles. The molecule has 80 valence electrons. The Morgan fingerprint density at radius 2 is 1.08 bits per heavy atom. The molecular weight excluding hydrogens is 230 g/mol. The van der Waals surface area contributed by atoms with Crippen LogP contribution in [0, 0.1) is 0 Å². The van der Waals surface area contributed by atoms with E-state index < -0.39 is 0 Å². The van der Waals surface area contributed by atoms with Gasteiger partial charge in [0.2, 0.25) is 0 Å². The lowest BCUT2D eigenvalue weighted by Crippen LogP contribution is -2.47. The molecule has 1 aliphatic rings. The molecule has 0 N–H and O–H groups in total. The van der Waals surface area contributed by atoms with Gasteiger partial charge in [-0.15, -0.1) is 35.6 Å². The molecule has 0 aliphatic carbocycles. The van der Waals surface area contributed by atoms with Gasteiger partial charge in [0.25, 0.3) is 0 Å². The Hall–Kier alpha value is 0.790. The lowest BCUT2D eigenvalue weighted by Gasteiger charge is -2.33. The van der Waals surface area contributed by atoms with Crippen LogP contribution < -0.4 is 0 Å². The van der Waals surface area contributed by atoms with Gasteiger partial charge < -0.3 is 0 Å². The summed E-state index contributed by atoms with van der Waals surface area (Å²) in [4.78, 5) is 4.80. The number of hydrogen-bond acceptors (Lipinski definition) is 2. The fraction of sp³-hybridized carbons (Fsp3) is 1.00. The largest absolute Gasteiger partial charge is 0.300 e. The predicted molar refractivity (Wildman–Crippen MR) is 61.6 cm³/mol. The summed E-state index contributed by atoms with van der Waals surface area (Å²) >= 11 is 11.3. The Labute approximate surface area is 96.6 Å². The highest BCUT2D eigenvalue weighted by Crippen LogP contribution is 2.01. The third-order valence-electron chi connectivity index (χ3n) is 2.27. The highest BCUT2D eigenvalue weighted by atomic mass is 35.5. The van der Waals surface area contributed by atoms with Crippen LogP contribution in [0.15, 0.2) is 0 Å².